The van der Waals surface area contributed by atoms with Gasteiger partial charge in [0.2, 0.25) is 5.91 Å². The Morgan fingerprint density at radius 3 is 2.58 bits per heavy atom. The highest BCUT2D eigenvalue weighted by Crippen LogP contribution is 2.21. The SMILES string of the molecule is C=C(CNCCC)CSc1ccc(NC(C)=O)cc1. The zero-order valence-corrected chi connectivity index (χ0v) is 12.5. The average molecular weight is 278 g/mol. The van der Waals surface area contributed by atoms with Crippen LogP contribution in [0.25, 0.3) is 0 Å². The van der Waals surface area contributed by atoms with Crippen LogP contribution in [0.5, 0.6) is 0 Å². The van der Waals surface area contributed by atoms with Gasteiger partial charge in [-0.2, -0.15) is 0 Å². The van der Waals surface area contributed by atoms with Gasteiger partial charge in [0.05, 0.1) is 0 Å². The quantitative estimate of drug-likeness (QED) is 0.435. The normalized spacial score (nSPS) is 10.2. The van der Waals surface area contributed by atoms with Crippen molar-refractivity contribution in [2.45, 2.75) is 25.2 Å². The molecule has 0 bridgehead atoms. The van der Waals surface area contributed by atoms with Crippen molar-refractivity contribution >= 4 is 23.4 Å². The van der Waals surface area contributed by atoms with E-state index < -0.39 is 0 Å². The zero-order valence-electron chi connectivity index (χ0n) is 11.7. The fourth-order valence-electron chi connectivity index (χ4n) is 1.52. The van der Waals surface area contributed by atoms with E-state index in [0.717, 1.165) is 31.0 Å². The summed E-state index contributed by atoms with van der Waals surface area (Å²) in [5, 5.41) is 6.10. The summed E-state index contributed by atoms with van der Waals surface area (Å²) in [5.41, 5.74) is 2.03. The fraction of sp³-hybridized carbons (Fsp3) is 0.400. The Hall–Kier alpha value is -1.26. The lowest BCUT2D eigenvalue weighted by Gasteiger charge is -2.07. The van der Waals surface area contributed by atoms with Crippen LogP contribution in [-0.4, -0.2) is 24.7 Å². The van der Waals surface area contributed by atoms with Gasteiger partial charge in [0.25, 0.3) is 0 Å². The standard InChI is InChI=1S/C15H22N2OS/c1-4-9-16-10-12(2)11-19-15-7-5-14(6-8-15)17-13(3)18/h5-8,16H,2,4,9-11H2,1,3H3,(H,17,18). The monoisotopic (exact) mass is 278 g/mol. The summed E-state index contributed by atoms with van der Waals surface area (Å²) in [7, 11) is 0. The molecule has 4 heteroatoms. The van der Waals surface area contributed by atoms with E-state index in [0.29, 0.717) is 0 Å². The molecule has 1 amide bonds. The van der Waals surface area contributed by atoms with Crippen LogP contribution in [0, 0.1) is 0 Å². The van der Waals surface area contributed by atoms with Gasteiger partial charge in [-0.25, -0.2) is 0 Å². The Labute approximate surface area is 119 Å². The van der Waals surface area contributed by atoms with Crippen molar-refractivity contribution < 1.29 is 4.79 Å². The van der Waals surface area contributed by atoms with Gasteiger partial charge in [0, 0.05) is 29.8 Å². The van der Waals surface area contributed by atoms with Crippen molar-refractivity contribution in [3.8, 4) is 0 Å². The molecule has 0 heterocycles. The second-order valence-corrected chi connectivity index (χ2v) is 5.47. The van der Waals surface area contributed by atoms with Gasteiger partial charge in [0.15, 0.2) is 0 Å². The summed E-state index contributed by atoms with van der Waals surface area (Å²) in [5.74, 6) is 0.867. The number of thioether (sulfide) groups is 1. The zero-order chi connectivity index (χ0) is 14.1. The van der Waals surface area contributed by atoms with Gasteiger partial charge >= 0.3 is 0 Å². The minimum atomic E-state index is -0.0456. The van der Waals surface area contributed by atoms with Gasteiger partial charge < -0.3 is 10.6 Å². The van der Waals surface area contributed by atoms with E-state index >= 15 is 0 Å². The Balaban J connectivity index is 2.33. The molecule has 1 rings (SSSR count). The van der Waals surface area contributed by atoms with Gasteiger partial charge in [-0.1, -0.05) is 19.1 Å². The van der Waals surface area contributed by atoms with Crippen LogP contribution in [0.3, 0.4) is 0 Å². The molecule has 2 N–H and O–H groups in total. The molecule has 3 nitrogen and oxygen atoms in total. The molecule has 0 saturated carbocycles. The highest BCUT2D eigenvalue weighted by atomic mass is 32.2. The highest BCUT2D eigenvalue weighted by Gasteiger charge is 1.99. The Morgan fingerprint density at radius 1 is 1.32 bits per heavy atom. The maximum absolute atomic E-state index is 10.9. The minimum absolute atomic E-state index is 0.0456. The second-order valence-electron chi connectivity index (χ2n) is 4.42. The predicted molar refractivity (Wildman–Crippen MR) is 83.8 cm³/mol. The van der Waals surface area contributed by atoms with Crippen molar-refractivity contribution in [2.75, 3.05) is 24.2 Å². The number of benzene rings is 1. The van der Waals surface area contributed by atoms with Crippen molar-refractivity contribution in [3.05, 3.63) is 36.4 Å². The molecule has 1 aromatic rings. The topological polar surface area (TPSA) is 41.1 Å². The average Bonchev–Trinajstić information content (AvgIpc) is 2.37. The molecular weight excluding hydrogens is 256 g/mol. The third-order valence-corrected chi connectivity index (χ3v) is 3.58. The lowest BCUT2D eigenvalue weighted by molar-refractivity contribution is -0.114. The molecule has 19 heavy (non-hydrogen) atoms. The van der Waals surface area contributed by atoms with Gasteiger partial charge in [-0.05, 0) is 37.2 Å². The highest BCUT2D eigenvalue weighted by molar-refractivity contribution is 7.99. The molecule has 1 aromatic carbocycles. The molecule has 0 aliphatic rings. The first kappa shape index (κ1) is 15.8. The molecule has 104 valence electrons. The van der Waals surface area contributed by atoms with E-state index in [1.54, 1.807) is 11.8 Å². The first-order valence-corrected chi connectivity index (χ1v) is 7.48. The summed E-state index contributed by atoms with van der Waals surface area (Å²) < 4.78 is 0. The van der Waals surface area contributed by atoms with E-state index in [1.807, 2.05) is 24.3 Å². The van der Waals surface area contributed by atoms with Gasteiger partial charge in [0.1, 0.15) is 0 Å². The maximum Gasteiger partial charge on any atom is 0.221 e. The smallest absolute Gasteiger partial charge is 0.221 e. The second kappa shape index (κ2) is 8.77. The molecule has 0 radical (unpaired) electrons. The molecule has 0 unspecified atom stereocenters. The molecular formula is C15H22N2OS. The fourth-order valence-corrected chi connectivity index (χ4v) is 2.32. The van der Waals surface area contributed by atoms with Crippen LogP contribution < -0.4 is 10.6 Å². The van der Waals surface area contributed by atoms with Crippen LogP contribution in [0.2, 0.25) is 0 Å². The van der Waals surface area contributed by atoms with Gasteiger partial charge in [-0.3, -0.25) is 4.79 Å². The van der Waals surface area contributed by atoms with Crippen molar-refractivity contribution in [3.63, 3.8) is 0 Å². The van der Waals surface area contributed by atoms with E-state index in [-0.39, 0.29) is 5.91 Å². The molecule has 0 aliphatic heterocycles. The summed E-state index contributed by atoms with van der Waals surface area (Å²) in [6.45, 7) is 9.64. The molecule has 0 aliphatic carbocycles. The third kappa shape index (κ3) is 7.03. The lowest BCUT2D eigenvalue weighted by Crippen LogP contribution is -2.18. The number of rotatable bonds is 8. The Kier molecular flexibility index (Phi) is 7.30. The van der Waals surface area contributed by atoms with E-state index in [4.69, 9.17) is 0 Å². The number of carbonyl (C=O) groups excluding carboxylic acids is 1. The van der Waals surface area contributed by atoms with Crippen LogP contribution >= 0.6 is 11.8 Å². The number of hydrogen-bond donors (Lipinski definition) is 2. The molecule has 0 spiro atoms. The minimum Gasteiger partial charge on any atom is -0.326 e. The van der Waals surface area contributed by atoms with Crippen molar-refractivity contribution in [2.24, 2.45) is 0 Å². The van der Waals surface area contributed by atoms with E-state index in [2.05, 4.69) is 24.1 Å². The van der Waals surface area contributed by atoms with E-state index in [9.17, 15) is 4.79 Å². The largest absolute Gasteiger partial charge is 0.326 e. The Bertz CT molecular complexity index is 415. The van der Waals surface area contributed by atoms with Crippen LogP contribution in [0.15, 0.2) is 41.3 Å². The number of carbonyl (C=O) groups is 1. The van der Waals surface area contributed by atoms with Crippen molar-refractivity contribution in [1.82, 2.24) is 5.32 Å². The number of anilines is 1. The van der Waals surface area contributed by atoms with Gasteiger partial charge in [-0.15, -0.1) is 11.8 Å². The first-order chi connectivity index (χ1) is 9.11. The van der Waals surface area contributed by atoms with Crippen LogP contribution in [0.1, 0.15) is 20.3 Å². The molecule has 0 aromatic heterocycles. The molecule has 0 fully saturated rings. The maximum atomic E-state index is 10.9. The molecule has 0 atom stereocenters. The summed E-state index contributed by atoms with van der Waals surface area (Å²) in [6.07, 6.45) is 1.14. The number of hydrogen-bond acceptors (Lipinski definition) is 3. The molecule has 0 saturated heterocycles. The van der Waals surface area contributed by atoms with Crippen molar-refractivity contribution in [1.29, 1.82) is 0 Å². The third-order valence-electron chi connectivity index (χ3n) is 2.42. The Morgan fingerprint density at radius 2 is 2.00 bits per heavy atom. The summed E-state index contributed by atoms with van der Waals surface area (Å²) in [4.78, 5) is 12.1. The summed E-state index contributed by atoms with van der Waals surface area (Å²) >= 11 is 1.76. The van der Waals surface area contributed by atoms with Crippen LogP contribution in [-0.2, 0) is 4.79 Å². The number of amides is 1. The first-order valence-electron chi connectivity index (χ1n) is 6.49. The van der Waals surface area contributed by atoms with Crippen LogP contribution in [0.4, 0.5) is 5.69 Å². The number of nitrogens with one attached hydrogen (secondary N) is 2. The van der Waals surface area contributed by atoms with E-state index in [1.165, 1.54) is 17.4 Å². The summed E-state index contributed by atoms with van der Waals surface area (Å²) in [6, 6.07) is 7.87. The lowest BCUT2D eigenvalue weighted by atomic mass is 10.3. The predicted octanol–water partition coefficient (Wildman–Crippen LogP) is 3.29.